The van der Waals surface area contributed by atoms with Crippen LogP contribution in [0.3, 0.4) is 0 Å². The lowest BCUT2D eigenvalue weighted by Crippen LogP contribution is -2.37. The Balaban J connectivity index is 1.42. The minimum absolute atomic E-state index is 0.830. The normalized spacial score (nSPS) is 11.6. The summed E-state index contributed by atoms with van der Waals surface area (Å²) in [6.45, 7) is 9.32. The Morgan fingerprint density at radius 2 is 0.736 bits per heavy atom. The molecule has 8 aromatic rings. The topological polar surface area (TPSA) is 24.9 Å². The molecule has 0 unspecified atom stereocenters. The summed E-state index contributed by atoms with van der Waals surface area (Å²) in [5, 5.41) is 8.59. The van der Waals surface area contributed by atoms with E-state index in [0.717, 1.165) is 45.6 Å². The highest BCUT2D eigenvalue weighted by Crippen LogP contribution is 2.47. The summed E-state index contributed by atoms with van der Waals surface area (Å²) < 4.78 is 11.1. The molecule has 0 N–H and O–H groups in total. The third-order valence-corrected chi connectivity index (χ3v) is 12.3. The SMILES string of the molecule is COc1ccc(N(c2ccc(C)cc2)c2cc3c4ccccc4c(N(c4ccc(OC)cc4)c4ccc([Si](C)(C)C)cc4)cc3c3ccccc23)cc1. The van der Waals surface area contributed by atoms with Gasteiger partial charge in [0, 0.05) is 33.5 Å². The van der Waals surface area contributed by atoms with Crippen LogP contribution >= 0.6 is 0 Å². The first-order chi connectivity index (χ1) is 25.7. The van der Waals surface area contributed by atoms with Gasteiger partial charge in [0.2, 0.25) is 0 Å². The zero-order valence-electron chi connectivity index (χ0n) is 31.2. The summed E-state index contributed by atoms with van der Waals surface area (Å²) in [7, 11) is 1.93. The molecule has 0 aliphatic rings. The maximum absolute atomic E-state index is 5.58. The highest BCUT2D eigenvalue weighted by Gasteiger charge is 2.23. The second kappa shape index (κ2) is 13.8. The second-order valence-electron chi connectivity index (χ2n) is 14.7. The largest absolute Gasteiger partial charge is 0.497 e. The Labute approximate surface area is 313 Å². The second-order valence-corrected chi connectivity index (χ2v) is 19.8. The molecular weight excluding hydrogens is 665 g/mol. The number of anilines is 6. The fourth-order valence-corrected chi connectivity index (χ4v) is 8.57. The number of rotatable bonds is 9. The van der Waals surface area contributed by atoms with Gasteiger partial charge in [-0.25, -0.2) is 0 Å². The van der Waals surface area contributed by atoms with Gasteiger partial charge in [-0.05, 0) is 113 Å². The first kappa shape index (κ1) is 34.1. The van der Waals surface area contributed by atoms with Crippen molar-refractivity contribution < 1.29 is 9.47 Å². The molecule has 0 aromatic heterocycles. The molecule has 0 saturated heterocycles. The average molecular weight is 709 g/mol. The third kappa shape index (κ3) is 6.38. The van der Waals surface area contributed by atoms with E-state index in [4.69, 9.17) is 9.47 Å². The summed E-state index contributed by atoms with van der Waals surface area (Å²) in [5.41, 5.74) is 7.82. The predicted octanol–water partition coefficient (Wildman–Crippen LogP) is 13.0. The van der Waals surface area contributed by atoms with Crippen LogP contribution in [0.5, 0.6) is 11.5 Å². The van der Waals surface area contributed by atoms with Crippen molar-refractivity contribution in [3.63, 3.8) is 0 Å². The molecule has 0 radical (unpaired) electrons. The Morgan fingerprint density at radius 3 is 1.09 bits per heavy atom. The summed E-state index contributed by atoms with van der Waals surface area (Å²) >= 11 is 0. The van der Waals surface area contributed by atoms with Crippen molar-refractivity contribution in [3.8, 4) is 11.5 Å². The molecule has 0 saturated carbocycles. The number of methoxy groups -OCH3 is 2. The van der Waals surface area contributed by atoms with Gasteiger partial charge in [-0.1, -0.05) is 103 Å². The van der Waals surface area contributed by atoms with Gasteiger partial charge < -0.3 is 19.3 Å². The fraction of sp³-hybridized carbons (Fsp3) is 0.125. The molecule has 4 nitrogen and oxygen atoms in total. The molecule has 0 fully saturated rings. The van der Waals surface area contributed by atoms with E-state index in [0.29, 0.717) is 0 Å². The van der Waals surface area contributed by atoms with Crippen LogP contribution in [0.15, 0.2) is 158 Å². The minimum Gasteiger partial charge on any atom is -0.497 e. The Bertz CT molecular complexity index is 2560. The highest BCUT2D eigenvalue weighted by atomic mass is 28.3. The Hall–Kier alpha value is -6.04. The zero-order chi connectivity index (χ0) is 36.7. The van der Waals surface area contributed by atoms with Gasteiger partial charge in [0.1, 0.15) is 11.5 Å². The molecule has 0 atom stereocenters. The van der Waals surface area contributed by atoms with E-state index in [1.54, 1.807) is 14.2 Å². The number of aryl methyl sites for hydroxylation is 1. The van der Waals surface area contributed by atoms with Gasteiger partial charge in [0.15, 0.2) is 0 Å². The lowest BCUT2D eigenvalue weighted by molar-refractivity contribution is 0.414. The third-order valence-electron chi connectivity index (χ3n) is 10.3. The van der Waals surface area contributed by atoms with Crippen LogP contribution in [0.2, 0.25) is 19.6 Å². The van der Waals surface area contributed by atoms with E-state index in [2.05, 4.69) is 170 Å². The van der Waals surface area contributed by atoms with E-state index in [9.17, 15) is 0 Å². The summed E-state index contributed by atoms with van der Waals surface area (Å²) in [4.78, 5) is 4.76. The molecule has 262 valence electrons. The number of fused-ring (bicyclic) bond motifs is 5. The predicted molar refractivity (Wildman–Crippen MR) is 229 cm³/mol. The molecule has 0 aliphatic heterocycles. The number of benzene rings is 8. The van der Waals surface area contributed by atoms with Gasteiger partial charge in [-0.15, -0.1) is 0 Å². The van der Waals surface area contributed by atoms with Crippen molar-refractivity contribution >= 4 is 79.7 Å². The Kier molecular flexibility index (Phi) is 8.89. The molecule has 0 bridgehead atoms. The van der Waals surface area contributed by atoms with Gasteiger partial charge in [0.25, 0.3) is 0 Å². The standard InChI is InChI=1S/C48H44N2O2Si/c1-33-15-17-34(18-16-33)49(35-19-25-38(51-2)26-20-35)47-31-45-42-12-8-10-14-44(42)48(32-46(45)41-11-7-9-13-43(41)47)50(36-21-27-39(52-3)28-22-36)37-23-29-40(30-24-37)53(4,5)6/h7-32H,1-6H3. The maximum Gasteiger partial charge on any atom is 0.119 e. The van der Waals surface area contributed by atoms with Crippen LogP contribution < -0.4 is 24.5 Å². The van der Waals surface area contributed by atoms with Gasteiger partial charge in [-0.2, -0.15) is 0 Å². The number of hydrogen-bond donors (Lipinski definition) is 0. The number of hydrogen-bond acceptors (Lipinski definition) is 4. The van der Waals surface area contributed by atoms with Crippen LogP contribution in [0.1, 0.15) is 5.56 Å². The van der Waals surface area contributed by atoms with Crippen molar-refractivity contribution in [1.29, 1.82) is 0 Å². The van der Waals surface area contributed by atoms with E-state index in [1.165, 1.54) is 43.1 Å². The molecule has 8 aromatic carbocycles. The first-order valence-electron chi connectivity index (χ1n) is 18.2. The fourth-order valence-electron chi connectivity index (χ4n) is 7.40. The number of ether oxygens (including phenoxy) is 2. The first-order valence-corrected chi connectivity index (χ1v) is 21.7. The molecule has 5 heteroatoms. The van der Waals surface area contributed by atoms with Crippen LogP contribution in [-0.2, 0) is 0 Å². The summed E-state index contributed by atoms with van der Waals surface area (Å²) in [6, 6.07) is 57.1. The highest BCUT2D eigenvalue weighted by molar-refractivity contribution is 6.88. The minimum atomic E-state index is -1.49. The number of nitrogens with zero attached hydrogens (tertiary/aromatic N) is 2. The maximum atomic E-state index is 5.58. The Morgan fingerprint density at radius 1 is 0.396 bits per heavy atom. The molecular formula is C48H44N2O2Si. The average Bonchev–Trinajstić information content (AvgIpc) is 3.19. The lowest BCUT2D eigenvalue weighted by Gasteiger charge is -2.30. The molecule has 53 heavy (non-hydrogen) atoms. The molecule has 8 rings (SSSR count). The molecule has 0 aliphatic carbocycles. The van der Waals surface area contributed by atoms with E-state index in [1.807, 2.05) is 24.3 Å². The molecule has 0 spiro atoms. The van der Waals surface area contributed by atoms with Crippen molar-refractivity contribution in [2.75, 3.05) is 24.0 Å². The zero-order valence-corrected chi connectivity index (χ0v) is 32.2. The van der Waals surface area contributed by atoms with Crippen LogP contribution in [-0.4, -0.2) is 22.3 Å². The quantitative estimate of drug-likeness (QED) is 0.110. The van der Waals surface area contributed by atoms with Crippen molar-refractivity contribution in [1.82, 2.24) is 0 Å². The summed E-state index contributed by atoms with van der Waals surface area (Å²) in [5.74, 6) is 1.66. The van der Waals surface area contributed by atoms with Crippen molar-refractivity contribution in [2.45, 2.75) is 26.6 Å². The molecule has 0 amide bonds. The van der Waals surface area contributed by atoms with Gasteiger partial charge >= 0.3 is 0 Å². The van der Waals surface area contributed by atoms with Crippen LogP contribution in [0.4, 0.5) is 34.1 Å². The van der Waals surface area contributed by atoms with Gasteiger partial charge in [-0.3, -0.25) is 0 Å². The van der Waals surface area contributed by atoms with E-state index >= 15 is 0 Å². The van der Waals surface area contributed by atoms with E-state index < -0.39 is 8.07 Å². The monoisotopic (exact) mass is 708 g/mol. The molecule has 0 heterocycles. The van der Waals surface area contributed by atoms with Crippen molar-refractivity contribution in [2.24, 2.45) is 0 Å². The van der Waals surface area contributed by atoms with E-state index in [-0.39, 0.29) is 0 Å². The lowest BCUT2D eigenvalue weighted by atomic mass is 9.93. The smallest absolute Gasteiger partial charge is 0.119 e. The summed E-state index contributed by atoms with van der Waals surface area (Å²) in [6.07, 6.45) is 0. The van der Waals surface area contributed by atoms with Gasteiger partial charge in [0.05, 0.1) is 33.7 Å². The van der Waals surface area contributed by atoms with Crippen LogP contribution in [0.25, 0.3) is 32.3 Å². The van der Waals surface area contributed by atoms with Crippen LogP contribution in [0, 0.1) is 6.92 Å². The van der Waals surface area contributed by atoms with Crippen molar-refractivity contribution in [3.05, 3.63) is 163 Å².